The lowest BCUT2D eigenvalue weighted by Gasteiger charge is -2.20. The number of alkyl carbamates (subject to hydrolysis) is 1. The van der Waals surface area contributed by atoms with Gasteiger partial charge < -0.3 is 30.5 Å². The van der Waals surface area contributed by atoms with Crippen LogP contribution in [0, 0.1) is 0 Å². The summed E-state index contributed by atoms with van der Waals surface area (Å²) in [6.07, 6.45) is -0.456. The second-order valence-corrected chi connectivity index (χ2v) is 6.55. The summed E-state index contributed by atoms with van der Waals surface area (Å²) in [6, 6.07) is 5.01. The molecule has 0 bridgehead atoms. The third kappa shape index (κ3) is 8.46. The summed E-state index contributed by atoms with van der Waals surface area (Å²) in [5.74, 6) is 1.41. The number of amides is 1. The number of benzene rings is 1. The van der Waals surface area contributed by atoms with Crippen LogP contribution in [0.5, 0.6) is 11.5 Å². The van der Waals surface area contributed by atoms with E-state index in [0.29, 0.717) is 36.9 Å². The van der Waals surface area contributed by atoms with Gasteiger partial charge in [-0.15, -0.1) is 0 Å². The molecule has 0 heterocycles. The largest absolute Gasteiger partial charge is 0.508 e. The summed E-state index contributed by atoms with van der Waals surface area (Å²) in [5, 5.41) is 18.8. The summed E-state index contributed by atoms with van der Waals surface area (Å²) < 4.78 is 10.3. The first kappa shape index (κ1) is 21.4. The van der Waals surface area contributed by atoms with Crippen molar-refractivity contribution < 1.29 is 19.4 Å². The zero-order valence-electron chi connectivity index (χ0n) is 16.2. The van der Waals surface area contributed by atoms with E-state index in [1.165, 1.54) is 0 Å². The molecule has 8 nitrogen and oxygen atoms in total. The summed E-state index contributed by atoms with van der Waals surface area (Å²) in [7, 11) is 1.57. The Morgan fingerprint density at radius 1 is 1.19 bits per heavy atom. The normalized spacial score (nSPS) is 11.7. The van der Waals surface area contributed by atoms with Gasteiger partial charge in [-0.25, -0.2) is 9.79 Å². The van der Waals surface area contributed by atoms with E-state index in [1.54, 1.807) is 25.3 Å². The molecular formula is C18H30N4O4. The van der Waals surface area contributed by atoms with E-state index in [4.69, 9.17) is 9.47 Å². The molecule has 0 unspecified atom stereocenters. The molecule has 146 valence electrons. The van der Waals surface area contributed by atoms with E-state index in [-0.39, 0.29) is 12.3 Å². The number of aromatic hydroxyl groups is 1. The fraction of sp³-hybridized carbons (Fsp3) is 0.556. The number of aliphatic imine (C=N–C) groups is 1. The summed E-state index contributed by atoms with van der Waals surface area (Å²) in [5.41, 5.74) is 0.139. The Morgan fingerprint density at radius 3 is 2.50 bits per heavy atom. The minimum Gasteiger partial charge on any atom is -0.508 e. The molecule has 0 aliphatic carbocycles. The van der Waals surface area contributed by atoms with Crippen LogP contribution in [-0.2, 0) is 11.3 Å². The van der Waals surface area contributed by atoms with Crippen LogP contribution in [-0.4, -0.2) is 49.5 Å². The number of phenols is 1. The van der Waals surface area contributed by atoms with Crippen molar-refractivity contribution in [3.8, 4) is 11.5 Å². The molecule has 0 saturated carbocycles. The van der Waals surface area contributed by atoms with Crippen LogP contribution in [0.25, 0.3) is 0 Å². The highest BCUT2D eigenvalue weighted by Gasteiger charge is 2.15. The molecule has 1 rings (SSSR count). The number of methoxy groups -OCH3 is 1. The van der Waals surface area contributed by atoms with Crippen LogP contribution < -0.4 is 20.7 Å². The number of nitrogens with zero attached hydrogens (tertiary/aromatic N) is 1. The van der Waals surface area contributed by atoms with Gasteiger partial charge in [0.1, 0.15) is 17.1 Å². The highest BCUT2D eigenvalue weighted by Crippen LogP contribution is 2.23. The first-order valence-electron chi connectivity index (χ1n) is 8.60. The van der Waals surface area contributed by atoms with Crippen LogP contribution in [0.3, 0.4) is 0 Å². The topological polar surface area (TPSA) is 104 Å². The number of carbonyl (C=O) groups excluding carboxylic acids is 1. The van der Waals surface area contributed by atoms with Crippen LogP contribution >= 0.6 is 0 Å². The average molecular weight is 366 g/mol. The van der Waals surface area contributed by atoms with Crippen molar-refractivity contribution in [3.05, 3.63) is 23.8 Å². The first-order chi connectivity index (χ1) is 12.2. The molecule has 0 spiro atoms. The van der Waals surface area contributed by atoms with E-state index in [1.807, 2.05) is 27.7 Å². The third-order valence-corrected chi connectivity index (χ3v) is 3.12. The van der Waals surface area contributed by atoms with Crippen molar-refractivity contribution in [3.63, 3.8) is 0 Å². The Morgan fingerprint density at radius 2 is 1.88 bits per heavy atom. The average Bonchev–Trinajstić information content (AvgIpc) is 2.56. The number of hydrogen-bond donors (Lipinski definition) is 4. The van der Waals surface area contributed by atoms with Gasteiger partial charge in [0.15, 0.2) is 5.96 Å². The van der Waals surface area contributed by atoms with E-state index in [2.05, 4.69) is 20.9 Å². The fourth-order valence-corrected chi connectivity index (χ4v) is 1.98. The zero-order chi connectivity index (χ0) is 19.6. The molecule has 0 aromatic heterocycles. The molecule has 0 atom stereocenters. The van der Waals surface area contributed by atoms with Crippen molar-refractivity contribution in [2.75, 3.05) is 26.7 Å². The van der Waals surface area contributed by atoms with Crippen molar-refractivity contribution in [1.29, 1.82) is 0 Å². The molecule has 26 heavy (non-hydrogen) atoms. The van der Waals surface area contributed by atoms with Gasteiger partial charge in [-0.3, -0.25) is 0 Å². The third-order valence-electron chi connectivity index (χ3n) is 3.12. The van der Waals surface area contributed by atoms with E-state index < -0.39 is 11.7 Å². The van der Waals surface area contributed by atoms with Crippen LogP contribution in [0.15, 0.2) is 23.2 Å². The summed E-state index contributed by atoms with van der Waals surface area (Å²) in [4.78, 5) is 16.0. The quantitative estimate of drug-likeness (QED) is 0.334. The van der Waals surface area contributed by atoms with Crippen LogP contribution in [0.2, 0.25) is 0 Å². The van der Waals surface area contributed by atoms with Gasteiger partial charge in [0.25, 0.3) is 0 Å². The standard InChI is InChI=1S/C18H30N4O4/c1-6-19-16(20-9-10-21-17(24)26-18(2,3)4)22-12-13-11-14(25-5)7-8-15(13)23/h7-8,11,23H,6,9-10,12H2,1-5H3,(H,21,24)(H2,19,20,22). The van der Waals surface area contributed by atoms with Gasteiger partial charge in [0.05, 0.1) is 13.7 Å². The molecule has 4 N–H and O–H groups in total. The second kappa shape index (κ2) is 10.4. The predicted octanol–water partition coefficient (Wildman–Crippen LogP) is 1.98. The van der Waals surface area contributed by atoms with Gasteiger partial charge in [-0.1, -0.05) is 0 Å². The molecule has 1 aromatic carbocycles. The molecule has 0 radical (unpaired) electrons. The molecule has 1 aromatic rings. The molecule has 0 aliphatic heterocycles. The highest BCUT2D eigenvalue weighted by atomic mass is 16.6. The number of rotatable bonds is 7. The van der Waals surface area contributed by atoms with Crippen molar-refractivity contribution >= 4 is 12.1 Å². The Balaban J connectivity index is 2.53. The van der Waals surface area contributed by atoms with Gasteiger partial charge in [-0.05, 0) is 45.9 Å². The molecule has 8 heteroatoms. The molecular weight excluding hydrogens is 336 g/mol. The summed E-state index contributed by atoms with van der Waals surface area (Å²) in [6.45, 7) is 9.25. The number of guanidine groups is 1. The minimum atomic E-state index is -0.521. The molecule has 0 aliphatic rings. The molecule has 0 fully saturated rings. The maximum absolute atomic E-state index is 11.6. The molecule has 0 saturated heterocycles. The van der Waals surface area contributed by atoms with Crippen molar-refractivity contribution in [2.24, 2.45) is 4.99 Å². The number of phenolic OH excluding ortho intramolecular Hbond substituents is 1. The van der Waals surface area contributed by atoms with E-state index in [9.17, 15) is 9.90 Å². The molecule has 1 amide bonds. The lowest BCUT2D eigenvalue weighted by Crippen LogP contribution is -2.42. The van der Waals surface area contributed by atoms with Crippen LogP contribution in [0.4, 0.5) is 4.79 Å². The zero-order valence-corrected chi connectivity index (χ0v) is 16.2. The van der Waals surface area contributed by atoms with Crippen molar-refractivity contribution in [2.45, 2.75) is 39.8 Å². The van der Waals surface area contributed by atoms with E-state index >= 15 is 0 Å². The van der Waals surface area contributed by atoms with Crippen LogP contribution in [0.1, 0.15) is 33.3 Å². The lowest BCUT2D eigenvalue weighted by molar-refractivity contribution is 0.0529. The Kier molecular flexibility index (Phi) is 8.54. The maximum atomic E-state index is 11.6. The Labute approximate surface area is 155 Å². The fourth-order valence-electron chi connectivity index (χ4n) is 1.98. The monoisotopic (exact) mass is 366 g/mol. The van der Waals surface area contributed by atoms with Gasteiger partial charge in [0.2, 0.25) is 0 Å². The number of ether oxygens (including phenoxy) is 2. The predicted molar refractivity (Wildman–Crippen MR) is 102 cm³/mol. The highest BCUT2D eigenvalue weighted by molar-refractivity contribution is 5.79. The number of carbonyl (C=O) groups is 1. The van der Waals surface area contributed by atoms with Crippen molar-refractivity contribution in [1.82, 2.24) is 16.0 Å². The minimum absolute atomic E-state index is 0.164. The maximum Gasteiger partial charge on any atom is 0.407 e. The second-order valence-electron chi connectivity index (χ2n) is 6.55. The Bertz CT molecular complexity index is 612. The Hall–Kier alpha value is -2.64. The SMILES string of the molecule is CCNC(=NCc1cc(OC)ccc1O)NCCNC(=O)OC(C)(C)C. The van der Waals surface area contributed by atoms with E-state index in [0.717, 1.165) is 0 Å². The smallest absolute Gasteiger partial charge is 0.407 e. The van der Waals surface area contributed by atoms with Gasteiger partial charge in [-0.2, -0.15) is 0 Å². The first-order valence-corrected chi connectivity index (χ1v) is 8.60. The number of hydrogen-bond acceptors (Lipinski definition) is 5. The summed E-state index contributed by atoms with van der Waals surface area (Å²) >= 11 is 0. The van der Waals surface area contributed by atoms with Gasteiger partial charge in [0, 0.05) is 25.2 Å². The number of nitrogens with one attached hydrogen (secondary N) is 3. The lowest BCUT2D eigenvalue weighted by atomic mass is 10.2. The van der Waals surface area contributed by atoms with Gasteiger partial charge >= 0.3 is 6.09 Å².